The van der Waals surface area contributed by atoms with Gasteiger partial charge in [-0.3, -0.25) is 9.78 Å². The molecule has 2 heteroatoms. The third-order valence-electron chi connectivity index (χ3n) is 2.94. The molecule has 1 saturated carbocycles. The van der Waals surface area contributed by atoms with Gasteiger partial charge in [0.05, 0.1) is 0 Å². The predicted molar refractivity (Wildman–Crippen MR) is 54.9 cm³/mol. The van der Waals surface area contributed by atoms with E-state index in [9.17, 15) is 4.79 Å². The normalized spacial score (nSPS) is 21.4. The van der Waals surface area contributed by atoms with Crippen LogP contribution in [0, 0.1) is 5.92 Å². The molecule has 0 amide bonds. The van der Waals surface area contributed by atoms with Gasteiger partial charge in [-0.2, -0.15) is 0 Å². The van der Waals surface area contributed by atoms with Crippen molar-refractivity contribution in [1.29, 1.82) is 0 Å². The molecule has 74 valence electrons. The molecular formula is C12H15NO. The molecule has 2 rings (SSSR count). The smallest absolute Gasteiger partial charge is 0.135 e. The summed E-state index contributed by atoms with van der Waals surface area (Å²) in [5.74, 6) is 0.795. The monoisotopic (exact) mass is 189 g/mol. The molecule has 1 fully saturated rings. The molecule has 1 aliphatic rings. The highest BCUT2D eigenvalue weighted by molar-refractivity contribution is 5.82. The maximum atomic E-state index is 11.4. The van der Waals surface area contributed by atoms with Crippen LogP contribution >= 0.6 is 0 Å². The summed E-state index contributed by atoms with van der Waals surface area (Å²) in [5, 5.41) is 0. The zero-order valence-corrected chi connectivity index (χ0v) is 8.28. The van der Waals surface area contributed by atoms with E-state index in [0.717, 1.165) is 32.1 Å². The summed E-state index contributed by atoms with van der Waals surface area (Å²) in [4.78, 5) is 15.4. The van der Waals surface area contributed by atoms with Gasteiger partial charge in [-0.15, -0.1) is 0 Å². The summed E-state index contributed by atoms with van der Waals surface area (Å²) in [6, 6.07) is 4.03. The number of aromatic nitrogens is 1. The van der Waals surface area contributed by atoms with Crippen molar-refractivity contribution >= 4 is 5.78 Å². The van der Waals surface area contributed by atoms with Gasteiger partial charge in [0.15, 0.2) is 0 Å². The standard InChI is InChI=1S/C12H15NO/c14-12-5-1-4-11(12)7-6-10-3-2-8-13-9-10/h2-3,8-9,11H,1,4-7H2. The molecule has 1 atom stereocenters. The fraction of sp³-hybridized carbons (Fsp3) is 0.500. The first-order valence-electron chi connectivity index (χ1n) is 5.28. The molecule has 1 heterocycles. The lowest BCUT2D eigenvalue weighted by atomic mass is 9.98. The molecule has 1 unspecified atom stereocenters. The Morgan fingerprint density at radius 1 is 1.50 bits per heavy atom. The Kier molecular flexibility index (Phi) is 2.92. The van der Waals surface area contributed by atoms with Crippen LogP contribution in [-0.4, -0.2) is 10.8 Å². The first-order chi connectivity index (χ1) is 6.86. The molecule has 0 saturated heterocycles. The Morgan fingerprint density at radius 2 is 2.43 bits per heavy atom. The lowest BCUT2D eigenvalue weighted by molar-refractivity contribution is -0.120. The van der Waals surface area contributed by atoms with Crippen LogP contribution in [0.4, 0.5) is 0 Å². The van der Waals surface area contributed by atoms with Gasteiger partial charge in [0.1, 0.15) is 5.78 Å². The summed E-state index contributed by atoms with van der Waals surface area (Å²) in [7, 11) is 0. The van der Waals surface area contributed by atoms with Gasteiger partial charge in [0, 0.05) is 24.7 Å². The molecule has 1 aromatic rings. The van der Waals surface area contributed by atoms with Crippen LogP contribution < -0.4 is 0 Å². The van der Waals surface area contributed by atoms with Crippen molar-refractivity contribution in [2.24, 2.45) is 5.92 Å². The van der Waals surface area contributed by atoms with Gasteiger partial charge >= 0.3 is 0 Å². The van der Waals surface area contributed by atoms with Gasteiger partial charge in [-0.25, -0.2) is 0 Å². The van der Waals surface area contributed by atoms with E-state index in [1.165, 1.54) is 5.56 Å². The van der Waals surface area contributed by atoms with Gasteiger partial charge in [0.2, 0.25) is 0 Å². The van der Waals surface area contributed by atoms with Crippen LogP contribution in [0.25, 0.3) is 0 Å². The van der Waals surface area contributed by atoms with Crippen LogP contribution in [0.15, 0.2) is 24.5 Å². The van der Waals surface area contributed by atoms with Gasteiger partial charge in [-0.05, 0) is 37.3 Å². The second-order valence-corrected chi connectivity index (χ2v) is 3.96. The first kappa shape index (κ1) is 9.38. The molecule has 14 heavy (non-hydrogen) atoms. The zero-order chi connectivity index (χ0) is 9.80. The highest BCUT2D eigenvalue weighted by Gasteiger charge is 2.23. The summed E-state index contributed by atoms with van der Waals surface area (Å²) < 4.78 is 0. The van der Waals surface area contributed by atoms with E-state index in [-0.39, 0.29) is 0 Å². The highest BCUT2D eigenvalue weighted by atomic mass is 16.1. The first-order valence-corrected chi connectivity index (χ1v) is 5.28. The topological polar surface area (TPSA) is 30.0 Å². The maximum Gasteiger partial charge on any atom is 0.135 e. The van der Waals surface area contributed by atoms with Crippen molar-refractivity contribution in [1.82, 2.24) is 4.98 Å². The number of nitrogens with zero attached hydrogens (tertiary/aromatic N) is 1. The average molecular weight is 189 g/mol. The van der Waals surface area contributed by atoms with E-state index in [0.29, 0.717) is 11.7 Å². The number of aryl methyl sites for hydroxylation is 1. The third-order valence-corrected chi connectivity index (χ3v) is 2.94. The molecule has 0 aromatic carbocycles. The van der Waals surface area contributed by atoms with Crippen molar-refractivity contribution < 1.29 is 4.79 Å². The second kappa shape index (κ2) is 4.36. The fourth-order valence-electron chi connectivity index (χ4n) is 2.08. The Morgan fingerprint density at radius 3 is 3.07 bits per heavy atom. The molecule has 1 aromatic heterocycles. The minimum Gasteiger partial charge on any atom is -0.299 e. The lowest BCUT2D eigenvalue weighted by Crippen LogP contribution is -2.07. The minimum absolute atomic E-state index is 0.329. The molecule has 0 aliphatic heterocycles. The number of hydrogen-bond donors (Lipinski definition) is 0. The van der Waals surface area contributed by atoms with E-state index in [2.05, 4.69) is 11.1 Å². The van der Waals surface area contributed by atoms with E-state index in [4.69, 9.17) is 0 Å². The molecule has 1 aliphatic carbocycles. The second-order valence-electron chi connectivity index (χ2n) is 3.96. The van der Waals surface area contributed by atoms with Crippen molar-refractivity contribution in [3.8, 4) is 0 Å². The molecule has 0 bridgehead atoms. The van der Waals surface area contributed by atoms with Gasteiger partial charge < -0.3 is 0 Å². The van der Waals surface area contributed by atoms with Crippen LogP contribution in [0.3, 0.4) is 0 Å². The molecule has 2 nitrogen and oxygen atoms in total. The van der Waals surface area contributed by atoms with Gasteiger partial charge in [0.25, 0.3) is 0 Å². The number of hydrogen-bond acceptors (Lipinski definition) is 2. The van der Waals surface area contributed by atoms with E-state index in [1.807, 2.05) is 12.3 Å². The van der Waals surface area contributed by atoms with Crippen LogP contribution in [0.1, 0.15) is 31.2 Å². The summed E-state index contributed by atoms with van der Waals surface area (Å²) in [5.41, 5.74) is 1.24. The Labute approximate surface area is 84.4 Å². The summed E-state index contributed by atoms with van der Waals surface area (Å²) in [6.45, 7) is 0. The fourth-order valence-corrected chi connectivity index (χ4v) is 2.08. The van der Waals surface area contributed by atoms with Crippen LogP contribution in [0.2, 0.25) is 0 Å². The third kappa shape index (κ3) is 2.19. The molecular weight excluding hydrogens is 174 g/mol. The molecule has 0 radical (unpaired) electrons. The Bertz CT molecular complexity index is 307. The number of Topliss-reactive ketones (excluding diaryl/α,β-unsaturated/α-hetero) is 1. The van der Waals surface area contributed by atoms with Crippen molar-refractivity contribution in [2.75, 3.05) is 0 Å². The summed E-state index contributed by atoms with van der Waals surface area (Å²) in [6.07, 6.45) is 8.66. The zero-order valence-electron chi connectivity index (χ0n) is 8.28. The van der Waals surface area contributed by atoms with Crippen molar-refractivity contribution in [3.63, 3.8) is 0 Å². The minimum atomic E-state index is 0.329. The Balaban J connectivity index is 1.85. The predicted octanol–water partition coefficient (Wildman–Crippen LogP) is 2.38. The quantitative estimate of drug-likeness (QED) is 0.730. The Hall–Kier alpha value is -1.18. The maximum absolute atomic E-state index is 11.4. The number of ketones is 1. The average Bonchev–Trinajstić information content (AvgIpc) is 2.63. The summed E-state index contributed by atoms with van der Waals surface area (Å²) >= 11 is 0. The van der Waals surface area contributed by atoms with Crippen molar-refractivity contribution in [3.05, 3.63) is 30.1 Å². The largest absolute Gasteiger partial charge is 0.299 e. The van der Waals surface area contributed by atoms with Crippen LogP contribution in [-0.2, 0) is 11.2 Å². The number of pyridine rings is 1. The molecule has 0 N–H and O–H groups in total. The molecule has 0 spiro atoms. The van der Waals surface area contributed by atoms with Gasteiger partial charge in [-0.1, -0.05) is 6.07 Å². The number of rotatable bonds is 3. The number of carbonyl (C=O) groups is 1. The van der Waals surface area contributed by atoms with Crippen molar-refractivity contribution in [2.45, 2.75) is 32.1 Å². The number of carbonyl (C=O) groups excluding carboxylic acids is 1. The van der Waals surface area contributed by atoms with E-state index >= 15 is 0 Å². The van der Waals surface area contributed by atoms with E-state index in [1.54, 1.807) is 6.20 Å². The highest BCUT2D eigenvalue weighted by Crippen LogP contribution is 2.25. The SMILES string of the molecule is O=C1CCCC1CCc1cccnc1. The van der Waals surface area contributed by atoms with Crippen LogP contribution in [0.5, 0.6) is 0 Å². The van der Waals surface area contributed by atoms with E-state index < -0.39 is 0 Å². The lowest BCUT2D eigenvalue weighted by Gasteiger charge is -2.06.